The summed E-state index contributed by atoms with van der Waals surface area (Å²) >= 11 is 0. The smallest absolute Gasteiger partial charge is 0.222 e. The number of aryl methyl sites for hydroxylation is 1. The molecule has 2 aromatic rings. The van der Waals surface area contributed by atoms with E-state index >= 15 is 0 Å². The molecule has 0 N–H and O–H groups in total. The van der Waals surface area contributed by atoms with Crippen LogP contribution < -0.4 is 0 Å². The third-order valence-corrected chi connectivity index (χ3v) is 4.55. The molecule has 1 aliphatic heterocycles. The fourth-order valence-corrected chi connectivity index (χ4v) is 3.12. The highest BCUT2D eigenvalue weighted by Gasteiger charge is 2.26. The maximum atomic E-state index is 13.1. The van der Waals surface area contributed by atoms with E-state index in [0.29, 0.717) is 25.9 Å². The van der Waals surface area contributed by atoms with Gasteiger partial charge in [-0.3, -0.25) is 4.79 Å². The Morgan fingerprint density at radius 2 is 1.96 bits per heavy atom. The minimum Gasteiger partial charge on any atom is -0.390 e. The summed E-state index contributed by atoms with van der Waals surface area (Å²) in [5.74, 6) is -0.236. The van der Waals surface area contributed by atoms with Gasteiger partial charge < -0.3 is 9.74 Å². The van der Waals surface area contributed by atoms with Crippen molar-refractivity contribution in [1.82, 2.24) is 4.90 Å². The van der Waals surface area contributed by atoms with Crippen LogP contribution in [-0.4, -0.2) is 29.2 Å². The lowest BCUT2D eigenvalue weighted by molar-refractivity contribution is -0.133. The number of rotatable bonds is 6. The minimum absolute atomic E-state index is 0.0438. The minimum atomic E-state index is -0.280. The molecular weight excluding hydrogens is 331 g/mol. The van der Waals surface area contributed by atoms with E-state index in [1.165, 1.54) is 12.1 Å². The third-order valence-electron chi connectivity index (χ3n) is 4.55. The van der Waals surface area contributed by atoms with E-state index in [2.05, 4.69) is 5.16 Å². The van der Waals surface area contributed by atoms with Crippen LogP contribution in [0.4, 0.5) is 4.39 Å². The lowest BCUT2D eigenvalue weighted by Gasteiger charge is -2.24. The third kappa shape index (κ3) is 4.28. The molecule has 2 aromatic carbocycles. The lowest BCUT2D eigenvalue weighted by atomic mass is 10.00. The first-order valence-electron chi connectivity index (χ1n) is 8.87. The molecule has 0 saturated heterocycles. The molecule has 5 heteroatoms. The molecule has 1 atom stereocenters. The first kappa shape index (κ1) is 18.1. The van der Waals surface area contributed by atoms with Crippen molar-refractivity contribution in [2.75, 3.05) is 6.54 Å². The Bertz CT molecular complexity index is 802. The van der Waals surface area contributed by atoms with Crippen LogP contribution in [0, 0.1) is 12.7 Å². The number of nitrogens with zero attached hydrogens (tertiary/aromatic N) is 2. The molecule has 0 aromatic heterocycles. The van der Waals surface area contributed by atoms with Crippen molar-refractivity contribution >= 4 is 11.6 Å². The number of halogens is 1. The second-order valence-corrected chi connectivity index (χ2v) is 6.54. The molecule has 0 radical (unpaired) electrons. The summed E-state index contributed by atoms with van der Waals surface area (Å²) in [6, 6.07) is 14.3. The number of hydrogen-bond donors (Lipinski definition) is 0. The zero-order valence-corrected chi connectivity index (χ0v) is 15.1. The first-order valence-corrected chi connectivity index (χ1v) is 8.87. The topological polar surface area (TPSA) is 41.9 Å². The van der Waals surface area contributed by atoms with Crippen molar-refractivity contribution in [2.24, 2.45) is 5.16 Å². The van der Waals surface area contributed by atoms with E-state index in [1.807, 2.05) is 38.1 Å². The molecular formula is C21H23FN2O2. The van der Waals surface area contributed by atoms with Gasteiger partial charge in [-0.25, -0.2) is 4.39 Å². The SMILES string of the molecule is CCC(=O)N(Cc1ccc(F)cc1)CC1CC(c2ccccc2C)=NO1. The molecule has 0 aliphatic carbocycles. The molecule has 0 saturated carbocycles. The Morgan fingerprint density at radius 1 is 1.23 bits per heavy atom. The van der Waals surface area contributed by atoms with Crippen LogP contribution in [0.1, 0.15) is 36.5 Å². The van der Waals surface area contributed by atoms with Crippen molar-refractivity contribution in [3.8, 4) is 0 Å². The number of hydrogen-bond acceptors (Lipinski definition) is 3. The number of amides is 1. The first-order chi connectivity index (χ1) is 12.6. The van der Waals surface area contributed by atoms with Gasteiger partial charge in [0.2, 0.25) is 5.91 Å². The molecule has 136 valence electrons. The zero-order chi connectivity index (χ0) is 18.5. The molecule has 0 spiro atoms. The normalized spacial score (nSPS) is 16.1. The number of carbonyl (C=O) groups excluding carboxylic acids is 1. The average Bonchev–Trinajstić information content (AvgIpc) is 3.11. The Morgan fingerprint density at radius 3 is 2.65 bits per heavy atom. The van der Waals surface area contributed by atoms with Crippen LogP contribution in [0.3, 0.4) is 0 Å². The maximum Gasteiger partial charge on any atom is 0.222 e. The predicted molar refractivity (Wildman–Crippen MR) is 99.3 cm³/mol. The summed E-state index contributed by atoms with van der Waals surface area (Å²) in [6.07, 6.45) is 0.918. The average molecular weight is 354 g/mol. The van der Waals surface area contributed by atoms with Gasteiger partial charge in [0.05, 0.1) is 12.3 Å². The van der Waals surface area contributed by atoms with Gasteiger partial charge in [0.25, 0.3) is 0 Å². The van der Waals surface area contributed by atoms with Gasteiger partial charge >= 0.3 is 0 Å². The summed E-state index contributed by atoms with van der Waals surface area (Å²) in [5, 5.41) is 4.23. The predicted octanol–water partition coefficient (Wildman–Crippen LogP) is 4.07. The second kappa shape index (κ2) is 8.13. The molecule has 0 fully saturated rings. The van der Waals surface area contributed by atoms with E-state index in [0.717, 1.165) is 22.4 Å². The van der Waals surface area contributed by atoms with Crippen LogP contribution >= 0.6 is 0 Å². The molecule has 1 aliphatic rings. The van der Waals surface area contributed by atoms with Gasteiger partial charge in [-0.2, -0.15) is 0 Å². The van der Waals surface area contributed by atoms with Crippen LogP contribution in [0.5, 0.6) is 0 Å². The highest BCUT2D eigenvalue weighted by atomic mass is 19.1. The van der Waals surface area contributed by atoms with Gasteiger partial charge in [-0.15, -0.1) is 0 Å². The van der Waals surface area contributed by atoms with E-state index < -0.39 is 0 Å². The van der Waals surface area contributed by atoms with Crippen molar-refractivity contribution < 1.29 is 14.0 Å². The quantitative estimate of drug-likeness (QED) is 0.785. The highest BCUT2D eigenvalue weighted by molar-refractivity contribution is 6.02. The summed E-state index contributed by atoms with van der Waals surface area (Å²) < 4.78 is 13.1. The fraction of sp³-hybridized carbons (Fsp3) is 0.333. The van der Waals surface area contributed by atoms with E-state index in [4.69, 9.17) is 4.84 Å². The van der Waals surface area contributed by atoms with Crippen LogP contribution in [0.25, 0.3) is 0 Å². The largest absolute Gasteiger partial charge is 0.390 e. The highest BCUT2D eigenvalue weighted by Crippen LogP contribution is 2.21. The Hall–Kier alpha value is -2.69. The molecule has 0 bridgehead atoms. The van der Waals surface area contributed by atoms with Gasteiger partial charge in [-0.05, 0) is 30.2 Å². The number of carbonyl (C=O) groups is 1. The molecule has 1 heterocycles. The summed E-state index contributed by atoms with van der Waals surface area (Å²) in [4.78, 5) is 19.7. The van der Waals surface area contributed by atoms with Crippen LogP contribution in [-0.2, 0) is 16.2 Å². The Kier molecular flexibility index (Phi) is 5.66. The Balaban J connectivity index is 1.66. The van der Waals surface area contributed by atoms with E-state index in [-0.39, 0.29) is 17.8 Å². The monoisotopic (exact) mass is 354 g/mol. The lowest BCUT2D eigenvalue weighted by Crippen LogP contribution is -2.36. The van der Waals surface area contributed by atoms with Crippen molar-refractivity contribution in [3.05, 3.63) is 71.0 Å². The molecule has 4 nitrogen and oxygen atoms in total. The molecule has 1 amide bonds. The summed E-state index contributed by atoms with van der Waals surface area (Å²) in [5.41, 5.74) is 4.05. The summed E-state index contributed by atoms with van der Waals surface area (Å²) in [6.45, 7) is 4.78. The van der Waals surface area contributed by atoms with Crippen molar-refractivity contribution in [3.63, 3.8) is 0 Å². The summed E-state index contributed by atoms with van der Waals surface area (Å²) in [7, 11) is 0. The fourth-order valence-electron chi connectivity index (χ4n) is 3.12. The standard InChI is InChI=1S/C21H23FN2O2/c1-3-21(25)24(13-16-8-10-17(22)11-9-16)14-18-12-20(23-26-18)19-7-5-4-6-15(19)2/h4-11,18H,3,12-14H2,1-2H3. The van der Waals surface area contributed by atoms with Crippen molar-refractivity contribution in [2.45, 2.75) is 39.3 Å². The van der Waals surface area contributed by atoms with Crippen LogP contribution in [0.2, 0.25) is 0 Å². The number of benzene rings is 2. The molecule has 26 heavy (non-hydrogen) atoms. The van der Waals surface area contributed by atoms with Crippen molar-refractivity contribution in [1.29, 1.82) is 0 Å². The molecule has 1 unspecified atom stereocenters. The zero-order valence-electron chi connectivity index (χ0n) is 15.1. The van der Waals surface area contributed by atoms with E-state index in [9.17, 15) is 9.18 Å². The van der Waals surface area contributed by atoms with Gasteiger partial charge in [0.1, 0.15) is 5.82 Å². The Labute approximate surface area is 153 Å². The van der Waals surface area contributed by atoms with Gasteiger partial charge in [0.15, 0.2) is 6.10 Å². The maximum absolute atomic E-state index is 13.1. The molecule has 3 rings (SSSR count). The van der Waals surface area contributed by atoms with E-state index in [1.54, 1.807) is 17.0 Å². The van der Waals surface area contributed by atoms with Crippen LogP contribution in [0.15, 0.2) is 53.7 Å². The number of oxime groups is 1. The van der Waals surface area contributed by atoms with Gasteiger partial charge in [0, 0.05) is 24.9 Å². The second-order valence-electron chi connectivity index (χ2n) is 6.54. The van der Waals surface area contributed by atoms with Gasteiger partial charge in [-0.1, -0.05) is 48.5 Å².